The number of nitrogens with one attached hydrogen (secondary N) is 2. The molecule has 0 atom stereocenters. The molecule has 2 N–H and O–H groups in total. The quantitative estimate of drug-likeness (QED) is 0.515. The molecule has 4 nitrogen and oxygen atoms in total. The Morgan fingerprint density at radius 1 is 1.14 bits per heavy atom. The first kappa shape index (κ1) is 17.4. The van der Waals surface area contributed by atoms with Crippen LogP contribution in [0.3, 0.4) is 0 Å². The van der Waals surface area contributed by atoms with Crippen molar-refractivity contribution in [3.05, 3.63) is 59.8 Å². The van der Waals surface area contributed by atoms with E-state index < -0.39 is 0 Å². The molecule has 5 rings (SSSR count). The highest BCUT2D eigenvalue weighted by Crippen LogP contribution is 2.40. The topological polar surface area (TPSA) is 45.1 Å². The number of imidazole rings is 1. The Hall–Kier alpha value is -2.66. The fraction of sp³-hybridized carbons (Fsp3) is 0.348. The van der Waals surface area contributed by atoms with Gasteiger partial charge in [-0.25, -0.2) is 9.37 Å². The minimum absolute atomic E-state index is 0.0423. The van der Waals surface area contributed by atoms with Gasteiger partial charge in [-0.3, -0.25) is 0 Å². The molecule has 4 aromatic rings. The highest BCUT2D eigenvalue weighted by atomic mass is 19.1. The monoisotopic (exact) mass is 376 g/mol. The van der Waals surface area contributed by atoms with Gasteiger partial charge in [-0.15, -0.1) is 0 Å². The minimum Gasteiger partial charge on any atom is -0.354 e. The number of aromatic nitrogens is 3. The number of hydrogen-bond donors (Lipinski definition) is 2. The zero-order valence-corrected chi connectivity index (χ0v) is 16.3. The summed E-state index contributed by atoms with van der Waals surface area (Å²) < 4.78 is 17.8. The Bertz CT molecular complexity index is 1150. The van der Waals surface area contributed by atoms with Crippen molar-refractivity contribution in [2.45, 2.75) is 38.5 Å². The first-order valence-corrected chi connectivity index (χ1v) is 10.1. The normalized spacial score (nSPS) is 15.9. The number of pyridine rings is 1. The molecule has 1 saturated heterocycles. The molecule has 4 heterocycles. The lowest BCUT2D eigenvalue weighted by atomic mass is 9.87. The lowest BCUT2D eigenvalue weighted by molar-refractivity contribution is 0.446. The first-order valence-electron chi connectivity index (χ1n) is 10.1. The smallest absolute Gasteiger partial charge is 0.136 e. The summed E-state index contributed by atoms with van der Waals surface area (Å²) in [6, 6.07) is 8.10. The molecule has 0 spiro atoms. The number of piperidine rings is 1. The summed E-state index contributed by atoms with van der Waals surface area (Å²) >= 11 is 0. The van der Waals surface area contributed by atoms with Gasteiger partial charge in [-0.2, -0.15) is 0 Å². The van der Waals surface area contributed by atoms with Crippen LogP contribution in [0.4, 0.5) is 4.39 Å². The molecule has 144 valence electrons. The molecule has 0 radical (unpaired) electrons. The Morgan fingerprint density at radius 2 is 1.96 bits per heavy atom. The van der Waals surface area contributed by atoms with Gasteiger partial charge in [0.05, 0.1) is 5.69 Å². The van der Waals surface area contributed by atoms with Crippen molar-refractivity contribution in [1.82, 2.24) is 19.7 Å². The van der Waals surface area contributed by atoms with E-state index in [1.54, 1.807) is 6.20 Å². The van der Waals surface area contributed by atoms with Crippen molar-refractivity contribution >= 4 is 16.6 Å². The van der Waals surface area contributed by atoms with E-state index in [9.17, 15) is 0 Å². The molecule has 0 unspecified atom stereocenters. The average Bonchev–Trinajstić information content (AvgIpc) is 3.33. The lowest BCUT2D eigenvalue weighted by Crippen LogP contribution is -2.27. The van der Waals surface area contributed by atoms with E-state index >= 15 is 4.39 Å². The number of benzene rings is 1. The van der Waals surface area contributed by atoms with Gasteiger partial charge in [0.25, 0.3) is 0 Å². The van der Waals surface area contributed by atoms with Crippen LogP contribution in [0.25, 0.3) is 27.8 Å². The Morgan fingerprint density at radius 3 is 2.75 bits per heavy atom. The second-order valence-electron chi connectivity index (χ2n) is 8.09. The van der Waals surface area contributed by atoms with E-state index in [1.165, 1.54) is 0 Å². The van der Waals surface area contributed by atoms with E-state index in [2.05, 4.69) is 47.5 Å². The first-order chi connectivity index (χ1) is 13.6. The predicted octanol–water partition coefficient (Wildman–Crippen LogP) is 5.21. The van der Waals surface area contributed by atoms with E-state index in [0.29, 0.717) is 5.92 Å². The summed E-state index contributed by atoms with van der Waals surface area (Å²) in [5.41, 5.74) is 5.76. The van der Waals surface area contributed by atoms with Gasteiger partial charge < -0.3 is 14.7 Å². The van der Waals surface area contributed by atoms with Gasteiger partial charge >= 0.3 is 0 Å². The Labute approximate surface area is 163 Å². The molecule has 28 heavy (non-hydrogen) atoms. The highest BCUT2D eigenvalue weighted by Gasteiger charge is 2.25. The van der Waals surface area contributed by atoms with Crippen molar-refractivity contribution in [2.75, 3.05) is 13.1 Å². The standard InChI is InChI=1S/C23H25FN4/c1-14(2)20-21-18(5-4-17(22(21)24)15-7-9-25-10-8-15)27-23(20)16-3-6-19-26-11-12-28(19)13-16/h3-6,11-15,25,27H,7-10H2,1-2H3. The van der Waals surface area contributed by atoms with Crippen LogP contribution in [0.15, 0.2) is 42.9 Å². The highest BCUT2D eigenvalue weighted by molar-refractivity contribution is 5.92. The zero-order chi connectivity index (χ0) is 19.3. The zero-order valence-electron chi connectivity index (χ0n) is 16.3. The Kier molecular flexibility index (Phi) is 4.20. The van der Waals surface area contributed by atoms with Crippen LogP contribution in [-0.4, -0.2) is 27.5 Å². The van der Waals surface area contributed by atoms with E-state index in [-0.39, 0.29) is 11.7 Å². The molecule has 1 aromatic carbocycles. The number of rotatable bonds is 3. The third kappa shape index (κ3) is 2.73. The second-order valence-corrected chi connectivity index (χ2v) is 8.09. The van der Waals surface area contributed by atoms with Gasteiger partial charge in [0.2, 0.25) is 0 Å². The van der Waals surface area contributed by atoms with Crippen molar-refractivity contribution in [3.8, 4) is 11.3 Å². The third-order valence-electron chi connectivity index (χ3n) is 6.00. The van der Waals surface area contributed by atoms with Gasteiger partial charge in [0.15, 0.2) is 0 Å². The van der Waals surface area contributed by atoms with Crippen LogP contribution >= 0.6 is 0 Å². The summed E-state index contributed by atoms with van der Waals surface area (Å²) in [6.45, 7) is 6.20. The molecule has 1 fully saturated rings. The van der Waals surface area contributed by atoms with Gasteiger partial charge in [0.1, 0.15) is 11.5 Å². The lowest BCUT2D eigenvalue weighted by Gasteiger charge is -2.23. The number of fused-ring (bicyclic) bond motifs is 2. The van der Waals surface area contributed by atoms with Crippen molar-refractivity contribution in [1.29, 1.82) is 0 Å². The van der Waals surface area contributed by atoms with Gasteiger partial charge in [-0.05, 0) is 67.1 Å². The summed E-state index contributed by atoms with van der Waals surface area (Å²) in [7, 11) is 0. The molecular formula is C23H25FN4. The summed E-state index contributed by atoms with van der Waals surface area (Å²) in [4.78, 5) is 7.82. The predicted molar refractivity (Wildman–Crippen MR) is 111 cm³/mol. The minimum atomic E-state index is -0.0423. The SMILES string of the molecule is CC(C)c1c(-c2ccc3nccn3c2)[nH]c2ccc(C3CCNCC3)c(F)c12. The molecule has 0 aliphatic carbocycles. The number of H-pyrrole nitrogens is 1. The summed E-state index contributed by atoms with van der Waals surface area (Å²) in [6.07, 6.45) is 7.78. The molecule has 0 bridgehead atoms. The maximum Gasteiger partial charge on any atom is 0.136 e. The van der Waals surface area contributed by atoms with Crippen LogP contribution in [0, 0.1) is 5.82 Å². The number of hydrogen-bond acceptors (Lipinski definition) is 2. The maximum absolute atomic E-state index is 15.8. The second kappa shape index (κ2) is 6.74. The Balaban J connectivity index is 1.71. The van der Waals surface area contributed by atoms with Crippen molar-refractivity contribution in [2.24, 2.45) is 0 Å². The number of nitrogens with zero attached hydrogens (tertiary/aromatic N) is 2. The summed E-state index contributed by atoms with van der Waals surface area (Å²) in [5.74, 6) is 0.464. The van der Waals surface area contributed by atoms with Crippen LogP contribution in [0.2, 0.25) is 0 Å². The molecular weight excluding hydrogens is 351 g/mol. The number of halogens is 1. The molecule has 1 aliphatic rings. The summed E-state index contributed by atoms with van der Waals surface area (Å²) in [5, 5.41) is 4.13. The van der Waals surface area contributed by atoms with Crippen LogP contribution in [0.1, 0.15) is 49.7 Å². The van der Waals surface area contributed by atoms with E-state index in [4.69, 9.17) is 0 Å². The van der Waals surface area contributed by atoms with Crippen LogP contribution in [-0.2, 0) is 0 Å². The van der Waals surface area contributed by atoms with Crippen LogP contribution < -0.4 is 5.32 Å². The molecule has 0 amide bonds. The van der Waals surface area contributed by atoms with Crippen molar-refractivity contribution in [3.63, 3.8) is 0 Å². The third-order valence-corrected chi connectivity index (χ3v) is 6.00. The molecule has 3 aromatic heterocycles. The largest absolute Gasteiger partial charge is 0.354 e. The van der Waals surface area contributed by atoms with Crippen LogP contribution in [0.5, 0.6) is 0 Å². The molecule has 0 saturated carbocycles. The molecule has 1 aliphatic heterocycles. The van der Waals surface area contributed by atoms with E-state index in [0.717, 1.165) is 64.9 Å². The van der Waals surface area contributed by atoms with Gasteiger partial charge in [0, 0.05) is 35.1 Å². The fourth-order valence-electron chi connectivity index (χ4n) is 4.61. The maximum atomic E-state index is 15.8. The van der Waals surface area contributed by atoms with E-state index in [1.807, 2.05) is 22.7 Å². The molecule has 5 heteroatoms. The number of aromatic amines is 1. The fourth-order valence-corrected chi connectivity index (χ4v) is 4.61. The average molecular weight is 376 g/mol. The van der Waals surface area contributed by atoms with Crippen molar-refractivity contribution < 1.29 is 4.39 Å². The van der Waals surface area contributed by atoms with Gasteiger partial charge in [-0.1, -0.05) is 19.9 Å².